The summed E-state index contributed by atoms with van der Waals surface area (Å²) >= 11 is 0. The molecule has 2 N–H and O–H groups in total. The van der Waals surface area contributed by atoms with Crippen molar-refractivity contribution in [2.45, 2.75) is 71.1 Å². The Balaban J connectivity index is 2.03. The van der Waals surface area contributed by atoms with Gasteiger partial charge in [0.25, 0.3) is 0 Å². The highest BCUT2D eigenvalue weighted by molar-refractivity contribution is 5.90. The zero-order valence-electron chi connectivity index (χ0n) is 16.7. The smallest absolute Gasteiger partial charge is 0.343 e. The third kappa shape index (κ3) is 4.29. The molecule has 1 aliphatic rings. The Labute approximate surface area is 165 Å². The molecule has 2 aromatic rings. The van der Waals surface area contributed by atoms with Gasteiger partial charge in [-0.25, -0.2) is 4.79 Å². The number of hydrogen-bond donors (Lipinski definition) is 2. The summed E-state index contributed by atoms with van der Waals surface area (Å²) in [6.07, 6.45) is 6.70. The second kappa shape index (κ2) is 9.09. The number of aryl methyl sites for hydroxylation is 1. The van der Waals surface area contributed by atoms with E-state index in [1.54, 1.807) is 6.92 Å². The van der Waals surface area contributed by atoms with Crippen molar-refractivity contribution in [3.8, 4) is 5.75 Å². The molecule has 0 fully saturated rings. The lowest BCUT2D eigenvalue weighted by atomic mass is 9.86. The van der Waals surface area contributed by atoms with Crippen LogP contribution >= 0.6 is 0 Å². The number of hydrogen-bond acceptors (Lipinski definition) is 4. The molecule has 1 aromatic heterocycles. The lowest BCUT2D eigenvalue weighted by Gasteiger charge is -2.21. The van der Waals surface area contributed by atoms with Crippen molar-refractivity contribution in [1.29, 1.82) is 0 Å². The van der Waals surface area contributed by atoms with Crippen LogP contribution < -0.4 is 10.9 Å². The van der Waals surface area contributed by atoms with Gasteiger partial charge in [0.2, 0.25) is 5.91 Å². The van der Waals surface area contributed by atoms with Gasteiger partial charge in [-0.3, -0.25) is 4.79 Å². The van der Waals surface area contributed by atoms with E-state index in [1.807, 2.05) is 31.2 Å². The van der Waals surface area contributed by atoms with Gasteiger partial charge in [-0.15, -0.1) is 0 Å². The van der Waals surface area contributed by atoms with Crippen LogP contribution in [0.25, 0.3) is 0 Å². The van der Waals surface area contributed by atoms with E-state index in [4.69, 9.17) is 4.42 Å². The molecule has 1 aromatic carbocycles. The normalized spacial score (nSPS) is 15.2. The SMILES string of the molecule is CCC(=O)Nc1cccc(C(CC)c2c(O)c3c(oc2=O)CCCCCC3)c1. The number of carbonyl (C=O) groups excluding carboxylic acids is 1. The molecule has 1 heterocycles. The minimum atomic E-state index is -0.452. The second-order valence-electron chi connectivity index (χ2n) is 7.46. The van der Waals surface area contributed by atoms with Crippen LogP contribution in [0.4, 0.5) is 5.69 Å². The second-order valence-corrected chi connectivity index (χ2v) is 7.46. The lowest BCUT2D eigenvalue weighted by Crippen LogP contribution is -2.18. The number of fused-ring (bicyclic) bond motifs is 1. The minimum Gasteiger partial charge on any atom is -0.507 e. The van der Waals surface area contributed by atoms with Crippen molar-refractivity contribution >= 4 is 11.6 Å². The van der Waals surface area contributed by atoms with Crippen LogP contribution in [-0.4, -0.2) is 11.0 Å². The molecule has 0 aliphatic heterocycles. The molecule has 1 amide bonds. The zero-order valence-corrected chi connectivity index (χ0v) is 16.7. The molecule has 0 spiro atoms. The van der Waals surface area contributed by atoms with Crippen LogP contribution in [0.3, 0.4) is 0 Å². The molecule has 0 saturated heterocycles. The van der Waals surface area contributed by atoms with Crippen molar-refractivity contribution in [3.63, 3.8) is 0 Å². The van der Waals surface area contributed by atoms with E-state index in [0.717, 1.165) is 43.2 Å². The highest BCUT2D eigenvalue weighted by Crippen LogP contribution is 2.37. The summed E-state index contributed by atoms with van der Waals surface area (Å²) in [4.78, 5) is 24.5. The van der Waals surface area contributed by atoms with E-state index in [0.29, 0.717) is 36.3 Å². The van der Waals surface area contributed by atoms with Gasteiger partial charge in [-0.1, -0.05) is 38.8 Å². The third-order valence-electron chi connectivity index (χ3n) is 5.54. The number of rotatable bonds is 5. The van der Waals surface area contributed by atoms with E-state index < -0.39 is 5.63 Å². The fourth-order valence-electron chi connectivity index (χ4n) is 4.02. The summed E-state index contributed by atoms with van der Waals surface area (Å²) in [7, 11) is 0. The van der Waals surface area contributed by atoms with Gasteiger partial charge in [-0.2, -0.15) is 0 Å². The van der Waals surface area contributed by atoms with Gasteiger partial charge in [0.05, 0.1) is 5.56 Å². The van der Waals surface area contributed by atoms with Gasteiger partial charge < -0.3 is 14.8 Å². The largest absolute Gasteiger partial charge is 0.507 e. The van der Waals surface area contributed by atoms with E-state index in [9.17, 15) is 14.7 Å². The van der Waals surface area contributed by atoms with Crippen molar-refractivity contribution < 1.29 is 14.3 Å². The van der Waals surface area contributed by atoms with Gasteiger partial charge in [-0.05, 0) is 43.4 Å². The lowest BCUT2D eigenvalue weighted by molar-refractivity contribution is -0.115. The number of amides is 1. The topological polar surface area (TPSA) is 79.5 Å². The standard InChI is InChI=1S/C23H29NO4/c1-3-17(15-10-9-11-16(14-15)24-20(25)4-2)21-22(26)18-12-7-5-6-8-13-19(18)28-23(21)27/h9-11,14,17,26H,3-8,12-13H2,1-2H3,(H,24,25). The summed E-state index contributed by atoms with van der Waals surface area (Å²) in [5, 5.41) is 13.9. The zero-order chi connectivity index (χ0) is 20.1. The molecular weight excluding hydrogens is 354 g/mol. The molecule has 3 rings (SSSR count). The first-order valence-corrected chi connectivity index (χ1v) is 10.3. The molecular formula is C23H29NO4. The third-order valence-corrected chi connectivity index (χ3v) is 5.54. The fraction of sp³-hybridized carbons (Fsp3) is 0.478. The van der Waals surface area contributed by atoms with Gasteiger partial charge in [0, 0.05) is 30.0 Å². The molecule has 0 saturated carbocycles. The van der Waals surface area contributed by atoms with Crippen LogP contribution in [-0.2, 0) is 17.6 Å². The summed E-state index contributed by atoms with van der Waals surface area (Å²) < 4.78 is 5.68. The van der Waals surface area contributed by atoms with Crippen molar-refractivity contribution in [2.24, 2.45) is 0 Å². The van der Waals surface area contributed by atoms with Gasteiger partial charge in [0.1, 0.15) is 11.5 Å². The predicted octanol–water partition coefficient (Wildman–Crippen LogP) is 4.89. The molecule has 28 heavy (non-hydrogen) atoms. The highest BCUT2D eigenvalue weighted by atomic mass is 16.4. The Morgan fingerprint density at radius 1 is 1.18 bits per heavy atom. The Kier molecular flexibility index (Phi) is 6.55. The van der Waals surface area contributed by atoms with Gasteiger partial charge in [0.15, 0.2) is 0 Å². The van der Waals surface area contributed by atoms with Crippen LogP contribution in [0.2, 0.25) is 0 Å². The number of carbonyl (C=O) groups is 1. The average Bonchev–Trinajstić information content (AvgIpc) is 2.66. The fourth-order valence-corrected chi connectivity index (χ4v) is 4.02. The predicted molar refractivity (Wildman–Crippen MR) is 110 cm³/mol. The quantitative estimate of drug-likeness (QED) is 0.770. The number of nitrogens with one attached hydrogen (secondary N) is 1. The molecule has 1 unspecified atom stereocenters. The van der Waals surface area contributed by atoms with Crippen LogP contribution in [0.5, 0.6) is 5.75 Å². The maximum Gasteiger partial charge on any atom is 0.343 e. The van der Waals surface area contributed by atoms with E-state index in [1.165, 1.54) is 0 Å². The summed E-state index contributed by atoms with van der Waals surface area (Å²) in [5.41, 5.74) is 2.25. The van der Waals surface area contributed by atoms with E-state index in [2.05, 4.69) is 5.32 Å². The Hall–Kier alpha value is -2.56. The summed E-state index contributed by atoms with van der Waals surface area (Å²) in [5.74, 6) is 0.395. The molecule has 5 heteroatoms. The Morgan fingerprint density at radius 3 is 2.64 bits per heavy atom. The highest BCUT2D eigenvalue weighted by Gasteiger charge is 2.26. The van der Waals surface area contributed by atoms with Gasteiger partial charge >= 0.3 is 5.63 Å². The summed E-state index contributed by atoms with van der Waals surface area (Å²) in [6.45, 7) is 3.78. The first-order valence-electron chi connectivity index (χ1n) is 10.3. The molecule has 0 radical (unpaired) electrons. The van der Waals surface area contributed by atoms with E-state index >= 15 is 0 Å². The Morgan fingerprint density at radius 2 is 1.93 bits per heavy atom. The first-order chi connectivity index (χ1) is 13.5. The van der Waals surface area contributed by atoms with Crippen molar-refractivity contribution in [1.82, 2.24) is 0 Å². The molecule has 1 atom stereocenters. The molecule has 150 valence electrons. The molecule has 1 aliphatic carbocycles. The average molecular weight is 383 g/mol. The monoisotopic (exact) mass is 383 g/mol. The Bertz CT molecular complexity index is 900. The maximum atomic E-state index is 12.8. The van der Waals surface area contributed by atoms with Crippen LogP contribution in [0, 0.1) is 0 Å². The number of aromatic hydroxyl groups is 1. The number of benzene rings is 1. The first kappa shape index (κ1) is 20.2. The maximum absolute atomic E-state index is 12.8. The van der Waals surface area contributed by atoms with E-state index in [-0.39, 0.29) is 17.6 Å². The number of anilines is 1. The van der Waals surface area contributed by atoms with Crippen molar-refractivity contribution in [2.75, 3.05) is 5.32 Å². The van der Waals surface area contributed by atoms with Crippen LogP contribution in [0.15, 0.2) is 33.5 Å². The van der Waals surface area contributed by atoms with Crippen molar-refractivity contribution in [3.05, 3.63) is 57.1 Å². The minimum absolute atomic E-state index is 0.0614. The summed E-state index contributed by atoms with van der Waals surface area (Å²) in [6, 6.07) is 7.48. The molecule has 5 nitrogen and oxygen atoms in total. The van der Waals surface area contributed by atoms with Crippen LogP contribution in [0.1, 0.15) is 80.7 Å². The molecule has 0 bridgehead atoms.